The summed E-state index contributed by atoms with van der Waals surface area (Å²) in [7, 11) is 1.53. The van der Waals surface area contributed by atoms with Crippen LogP contribution >= 0.6 is 22.9 Å². The number of anilines is 1. The van der Waals surface area contributed by atoms with Crippen molar-refractivity contribution in [2.75, 3.05) is 45.2 Å². The molecule has 0 bridgehead atoms. The fourth-order valence-electron chi connectivity index (χ4n) is 3.83. The Kier molecular flexibility index (Phi) is 7.05. The molecular weight excluding hydrogens is 453 g/mol. The van der Waals surface area contributed by atoms with Crippen LogP contribution in [0.3, 0.4) is 0 Å². The Morgan fingerprint density at radius 2 is 1.88 bits per heavy atom. The van der Waals surface area contributed by atoms with Gasteiger partial charge in [-0.1, -0.05) is 29.8 Å². The molecule has 2 amide bonds. The van der Waals surface area contributed by atoms with Crippen LogP contribution in [0.1, 0.15) is 15.2 Å². The molecule has 2 aromatic carbocycles. The molecule has 4 rings (SSSR count). The number of piperazine rings is 1. The van der Waals surface area contributed by atoms with E-state index in [2.05, 4.69) is 5.32 Å². The molecule has 0 saturated carbocycles. The number of halogens is 2. The van der Waals surface area contributed by atoms with Crippen LogP contribution in [0.15, 0.2) is 42.5 Å². The Bertz CT molecular complexity index is 1140. The number of ether oxygens (including phenoxy) is 1. The van der Waals surface area contributed by atoms with Crippen LogP contribution in [0.25, 0.3) is 10.1 Å². The minimum atomic E-state index is -0.348. The molecule has 0 aliphatic carbocycles. The normalized spacial score (nSPS) is 14.7. The molecule has 6 nitrogen and oxygen atoms in total. The summed E-state index contributed by atoms with van der Waals surface area (Å²) in [5, 5.41) is 3.76. The van der Waals surface area contributed by atoms with Gasteiger partial charge in [0.25, 0.3) is 5.91 Å². The molecule has 168 valence electrons. The predicted molar refractivity (Wildman–Crippen MR) is 125 cm³/mol. The fraction of sp³-hybridized carbons (Fsp3) is 0.304. The maximum atomic E-state index is 14.4. The molecule has 1 fully saturated rings. The number of fused-ring (bicyclic) bond motifs is 1. The molecule has 1 aliphatic heterocycles. The van der Waals surface area contributed by atoms with Crippen molar-refractivity contribution in [3.8, 4) is 0 Å². The summed E-state index contributed by atoms with van der Waals surface area (Å²) in [4.78, 5) is 29.9. The van der Waals surface area contributed by atoms with Crippen molar-refractivity contribution < 1.29 is 18.7 Å². The second-order valence-corrected chi connectivity index (χ2v) is 9.01. The van der Waals surface area contributed by atoms with Gasteiger partial charge in [0, 0.05) is 48.9 Å². The highest BCUT2D eigenvalue weighted by atomic mass is 35.5. The lowest BCUT2D eigenvalue weighted by atomic mass is 10.1. The van der Waals surface area contributed by atoms with E-state index in [-0.39, 0.29) is 30.8 Å². The van der Waals surface area contributed by atoms with Crippen LogP contribution < -0.4 is 5.32 Å². The van der Waals surface area contributed by atoms with Crippen molar-refractivity contribution in [2.45, 2.75) is 6.61 Å². The lowest BCUT2D eigenvalue weighted by Crippen LogP contribution is -2.50. The number of methoxy groups -OCH3 is 1. The number of thiophene rings is 1. The molecule has 9 heteroatoms. The molecule has 1 saturated heterocycles. The zero-order valence-electron chi connectivity index (χ0n) is 17.6. The summed E-state index contributed by atoms with van der Waals surface area (Å²) < 4.78 is 20.4. The van der Waals surface area contributed by atoms with E-state index < -0.39 is 0 Å². The van der Waals surface area contributed by atoms with Gasteiger partial charge in [-0.05, 0) is 24.3 Å². The molecule has 1 aromatic heterocycles. The molecule has 32 heavy (non-hydrogen) atoms. The number of carbonyl (C=O) groups excluding carboxylic acids is 2. The second kappa shape index (κ2) is 9.95. The smallest absolute Gasteiger partial charge is 0.264 e. The summed E-state index contributed by atoms with van der Waals surface area (Å²) in [6, 6.07) is 11.9. The lowest BCUT2D eigenvalue weighted by molar-refractivity contribution is -0.117. The first-order chi connectivity index (χ1) is 15.5. The summed E-state index contributed by atoms with van der Waals surface area (Å²) in [6.45, 7) is 2.50. The van der Waals surface area contributed by atoms with Gasteiger partial charge in [-0.15, -0.1) is 11.3 Å². The van der Waals surface area contributed by atoms with Crippen LogP contribution in [0.2, 0.25) is 5.02 Å². The van der Waals surface area contributed by atoms with Crippen molar-refractivity contribution in [1.29, 1.82) is 0 Å². The average Bonchev–Trinajstić information content (AvgIpc) is 3.15. The van der Waals surface area contributed by atoms with Crippen LogP contribution in [0.4, 0.5) is 10.1 Å². The monoisotopic (exact) mass is 475 g/mol. The number of para-hydroxylation sites is 1. The Labute approximate surface area is 194 Å². The van der Waals surface area contributed by atoms with E-state index in [0.717, 1.165) is 4.70 Å². The number of amides is 2. The molecule has 2 heterocycles. The minimum Gasteiger partial charge on any atom is -0.380 e. The van der Waals surface area contributed by atoms with Gasteiger partial charge in [-0.3, -0.25) is 14.5 Å². The molecule has 1 N–H and O–H groups in total. The third-order valence-electron chi connectivity index (χ3n) is 5.42. The van der Waals surface area contributed by atoms with Crippen molar-refractivity contribution in [2.24, 2.45) is 0 Å². The molecular formula is C23H23ClFN3O3S. The Balaban J connectivity index is 1.40. The van der Waals surface area contributed by atoms with E-state index in [1.165, 1.54) is 24.5 Å². The van der Waals surface area contributed by atoms with Crippen molar-refractivity contribution in [3.05, 3.63) is 63.7 Å². The first-order valence-corrected chi connectivity index (χ1v) is 11.4. The van der Waals surface area contributed by atoms with Gasteiger partial charge >= 0.3 is 0 Å². The van der Waals surface area contributed by atoms with Crippen molar-refractivity contribution in [1.82, 2.24) is 9.80 Å². The van der Waals surface area contributed by atoms with Gasteiger partial charge in [0.1, 0.15) is 5.82 Å². The molecule has 3 aromatic rings. The highest BCUT2D eigenvalue weighted by Crippen LogP contribution is 2.34. The Morgan fingerprint density at radius 3 is 2.59 bits per heavy atom. The van der Waals surface area contributed by atoms with Crippen LogP contribution in [0, 0.1) is 5.82 Å². The van der Waals surface area contributed by atoms with Gasteiger partial charge < -0.3 is 15.0 Å². The summed E-state index contributed by atoms with van der Waals surface area (Å²) in [5.41, 5.74) is 1.17. The van der Waals surface area contributed by atoms with Crippen LogP contribution in [-0.2, 0) is 16.1 Å². The second-order valence-electron chi connectivity index (χ2n) is 7.55. The quantitative estimate of drug-likeness (QED) is 0.579. The predicted octanol–water partition coefficient (Wildman–Crippen LogP) is 4.24. The summed E-state index contributed by atoms with van der Waals surface area (Å²) in [5.74, 6) is -0.628. The molecule has 0 unspecified atom stereocenters. The van der Waals surface area contributed by atoms with Crippen molar-refractivity contribution in [3.63, 3.8) is 0 Å². The van der Waals surface area contributed by atoms with Gasteiger partial charge in [0.2, 0.25) is 5.91 Å². The molecule has 1 aliphatic rings. The number of nitrogens with one attached hydrogen (secondary N) is 1. The fourth-order valence-corrected chi connectivity index (χ4v) is 5.20. The van der Waals surface area contributed by atoms with Crippen LogP contribution in [0.5, 0.6) is 0 Å². The third kappa shape index (κ3) is 4.78. The zero-order valence-corrected chi connectivity index (χ0v) is 19.1. The number of hydrogen-bond donors (Lipinski definition) is 1. The van der Waals surface area contributed by atoms with Crippen molar-refractivity contribution >= 4 is 50.5 Å². The summed E-state index contributed by atoms with van der Waals surface area (Å²) >= 11 is 7.39. The maximum Gasteiger partial charge on any atom is 0.264 e. The standard InChI is InChI=1S/C23H23ClFN3O3S/c1-31-14-15-21-17(25)6-4-8-19(21)32-22(15)23(30)28-11-9-27(10-12-28)13-20(29)26-18-7-3-2-5-16(18)24/h2-8H,9-14H2,1H3,(H,26,29). The highest BCUT2D eigenvalue weighted by molar-refractivity contribution is 7.21. The largest absolute Gasteiger partial charge is 0.380 e. The summed E-state index contributed by atoms with van der Waals surface area (Å²) in [6.07, 6.45) is 0. The molecule has 0 spiro atoms. The zero-order chi connectivity index (χ0) is 22.7. The topological polar surface area (TPSA) is 61.9 Å². The van der Waals surface area contributed by atoms with E-state index in [1.54, 1.807) is 29.2 Å². The van der Waals surface area contributed by atoms with E-state index in [9.17, 15) is 14.0 Å². The van der Waals surface area contributed by atoms with Gasteiger partial charge in [-0.25, -0.2) is 4.39 Å². The average molecular weight is 476 g/mol. The van der Waals surface area contributed by atoms with E-state index in [1.807, 2.05) is 17.0 Å². The van der Waals surface area contributed by atoms with Gasteiger partial charge in [0.15, 0.2) is 0 Å². The highest BCUT2D eigenvalue weighted by Gasteiger charge is 2.28. The first kappa shape index (κ1) is 22.7. The maximum absolute atomic E-state index is 14.4. The van der Waals surface area contributed by atoms with E-state index in [0.29, 0.717) is 52.7 Å². The van der Waals surface area contributed by atoms with E-state index >= 15 is 0 Å². The number of carbonyl (C=O) groups is 2. The lowest BCUT2D eigenvalue weighted by Gasteiger charge is -2.34. The first-order valence-electron chi connectivity index (χ1n) is 10.2. The number of hydrogen-bond acceptors (Lipinski definition) is 5. The SMILES string of the molecule is COCc1c(C(=O)N2CCN(CC(=O)Nc3ccccc3Cl)CC2)sc2cccc(F)c12. The van der Waals surface area contributed by atoms with Gasteiger partial charge in [-0.2, -0.15) is 0 Å². The third-order valence-corrected chi connectivity index (χ3v) is 6.94. The van der Waals surface area contributed by atoms with Gasteiger partial charge in [0.05, 0.1) is 28.7 Å². The minimum absolute atomic E-state index is 0.127. The van der Waals surface area contributed by atoms with Crippen LogP contribution in [-0.4, -0.2) is 61.4 Å². The number of nitrogens with zero attached hydrogens (tertiary/aromatic N) is 2. The molecule has 0 radical (unpaired) electrons. The van der Waals surface area contributed by atoms with E-state index in [4.69, 9.17) is 16.3 Å². The Hall–Kier alpha value is -2.52. The Morgan fingerprint density at radius 1 is 1.12 bits per heavy atom. The molecule has 0 atom stereocenters. The number of benzene rings is 2. The number of rotatable bonds is 6.